The first-order valence-corrected chi connectivity index (χ1v) is 20.9. The third kappa shape index (κ3) is 7.70. The fraction of sp³-hybridized carbons (Fsp3) is 0.524. The standard InChI is InChI=1S/C42H54ClN5O3S/c1-6-8-30-19-35(43)12-13-36(30)34-23-48-22-33-10-14-37(33)42(50-4,26-47-18-16-32-21-44-27-45-38(32)24-47)17-7-9-28(2)29(3)52(5)46-41(49)31-11-15-40(51-25-34)39(48)20-31/h7,11-13,15,17,19-21,27-29,33-34,37H,5-6,8-10,14,16,18,22-26H2,1-4H3,(H,46,49)/b17-7+. The van der Waals surface area contributed by atoms with E-state index in [0.717, 1.165) is 93.4 Å². The first-order chi connectivity index (χ1) is 25.2. The molecule has 0 radical (unpaired) electrons. The third-order valence-electron chi connectivity index (χ3n) is 12.2. The summed E-state index contributed by atoms with van der Waals surface area (Å²) in [5.41, 5.74) is 6.12. The van der Waals surface area contributed by atoms with E-state index in [9.17, 15) is 4.79 Å². The van der Waals surface area contributed by atoms with Crippen LogP contribution in [0.25, 0.3) is 0 Å². The van der Waals surface area contributed by atoms with Gasteiger partial charge in [-0.15, -0.1) is 0 Å². The highest BCUT2D eigenvalue weighted by Crippen LogP contribution is 2.48. The number of nitrogens with zero attached hydrogens (tertiary/aromatic N) is 4. The van der Waals surface area contributed by atoms with Gasteiger partial charge in [-0.2, -0.15) is 0 Å². The van der Waals surface area contributed by atoms with Crippen molar-refractivity contribution < 1.29 is 14.3 Å². The van der Waals surface area contributed by atoms with E-state index >= 15 is 0 Å². The zero-order chi connectivity index (χ0) is 36.4. The summed E-state index contributed by atoms with van der Waals surface area (Å²) in [7, 11) is 1.34. The Kier molecular flexibility index (Phi) is 11.4. The van der Waals surface area contributed by atoms with E-state index in [2.05, 4.69) is 75.4 Å². The van der Waals surface area contributed by atoms with Crippen LogP contribution in [0, 0.1) is 17.8 Å². The zero-order valence-corrected chi connectivity index (χ0v) is 32.7. The summed E-state index contributed by atoms with van der Waals surface area (Å²) in [5.74, 6) is 6.36. The monoisotopic (exact) mass is 743 g/mol. The minimum absolute atomic E-state index is 0.0835. The van der Waals surface area contributed by atoms with Crippen LogP contribution in [0.5, 0.6) is 5.75 Å². The number of benzene rings is 2. The van der Waals surface area contributed by atoms with Gasteiger partial charge in [0.1, 0.15) is 17.7 Å². The van der Waals surface area contributed by atoms with Gasteiger partial charge < -0.3 is 19.1 Å². The summed E-state index contributed by atoms with van der Waals surface area (Å²) in [6, 6.07) is 12.3. The van der Waals surface area contributed by atoms with E-state index in [-0.39, 0.29) is 17.1 Å². The maximum atomic E-state index is 13.7. The van der Waals surface area contributed by atoms with Gasteiger partial charge in [-0.1, -0.05) is 73.6 Å². The van der Waals surface area contributed by atoms with Crippen LogP contribution in [0.2, 0.25) is 5.02 Å². The van der Waals surface area contributed by atoms with Crippen molar-refractivity contribution in [2.45, 2.75) is 82.6 Å². The Balaban J connectivity index is 1.26. The number of hydrogen-bond donors (Lipinski definition) is 1. The number of rotatable bonds is 6. The van der Waals surface area contributed by atoms with Crippen molar-refractivity contribution in [1.29, 1.82) is 0 Å². The number of ether oxygens (including phenoxy) is 2. The molecule has 2 aromatic carbocycles. The van der Waals surface area contributed by atoms with Gasteiger partial charge in [0.2, 0.25) is 0 Å². The molecule has 8 nitrogen and oxygen atoms in total. The van der Waals surface area contributed by atoms with E-state index in [1.54, 1.807) is 6.33 Å². The summed E-state index contributed by atoms with van der Waals surface area (Å²) < 4.78 is 16.6. The molecule has 0 saturated heterocycles. The molecule has 4 aliphatic rings. The lowest BCUT2D eigenvalue weighted by Crippen LogP contribution is -2.56. The molecule has 1 N–H and O–H groups in total. The van der Waals surface area contributed by atoms with Gasteiger partial charge in [0.15, 0.2) is 0 Å². The van der Waals surface area contributed by atoms with Crippen LogP contribution in [0.1, 0.15) is 85.1 Å². The van der Waals surface area contributed by atoms with E-state index in [1.165, 1.54) is 16.7 Å². The maximum Gasteiger partial charge on any atom is 0.260 e. The van der Waals surface area contributed by atoms with Crippen LogP contribution in [-0.4, -0.2) is 77.4 Å². The van der Waals surface area contributed by atoms with Crippen LogP contribution < -0.4 is 14.4 Å². The first-order valence-electron chi connectivity index (χ1n) is 19.0. The van der Waals surface area contributed by atoms with Gasteiger partial charge in [0, 0.05) is 67.8 Å². The van der Waals surface area contributed by atoms with Gasteiger partial charge in [0.25, 0.3) is 5.91 Å². The van der Waals surface area contributed by atoms with Crippen molar-refractivity contribution in [3.8, 4) is 5.75 Å². The lowest BCUT2D eigenvalue weighted by molar-refractivity contribution is -0.0932. The van der Waals surface area contributed by atoms with Gasteiger partial charge in [0.05, 0.1) is 18.0 Å². The Morgan fingerprint density at radius 2 is 2.04 bits per heavy atom. The molecule has 1 aromatic heterocycles. The normalized spacial score (nSPS) is 30.2. The van der Waals surface area contributed by atoms with Gasteiger partial charge in [-0.25, -0.2) is 9.97 Å². The largest absolute Gasteiger partial charge is 0.491 e. The summed E-state index contributed by atoms with van der Waals surface area (Å²) in [6.07, 6.45) is 14.4. The molecule has 278 valence electrons. The highest BCUT2D eigenvalue weighted by Gasteiger charge is 2.48. The van der Waals surface area contributed by atoms with Crippen LogP contribution in [-0.2, 0) is 24.1 Å². The molecule has 0 spiro atoms. The fourth-order valence-corrected chi connectivity index (χ4v) is 10.2. The van der Waals surface area contributed by atoms with Crippen molar-refractivity contribution in [2.75, 3.05) is 44.8 Å². The topological polar surface area (TPSA) is 79.8 Å². The number of hydrogen-bond acceptors (Lipinski definition) is 7. The molecule has 1 amide bonds. The molecule has 10 heteroatoms. The molecule has 4 heterocycles. The predicted molar refractivity (Wildman–Crippen MR) is 214 cm³/mol. The van der Waals surface area contributed by atoms with Crippen molar-refractivity contribution in [3.63, 3.8) is 0 Å². The molecule has 1 fully saturated rings. The Labute approximate surface area is 317 Å². The van der Waals surface area contributed by atoms with E-state index in [4.69, 9.17) is 21.1 Å². The minimum atomic E-state index is -0.560. The summed E-state index contributed by atoms with van der Waals surface area (Å²) in [4.78, 5) is 27.7. The number of fused-ring (bicyclic) bond motifs is 3. The Bertz CT molecular complexity index is 1820. The Morgan fingerprint density at radius 3 is 2.83 bits per heavy atom. The van der Waals surface area contributed by atoms with E-state index in [1.807, 2.05) is 37.6 Å². The number of allylic oxidation sites excluding steroid dienone is 1. The SMILES string of the molecule is C=S1NC(=O)c2ccc3c(c2)N(CC(c2ccc(Cl)cc2CCC)CO3)CC2CCC2C(CN2CCc3cncnc3C2)(OC)/C=C/CC(C)C1C. The van der Waals surface area contributed by atoms with Crippen LogP contribution in [0.4, 0.5) is 5.69 Å². The molecular formula is C42H54ClN5O3S. The molecule has 1 aliphatic carbocycles. The van der Waals surface area contributed by atoms with Crippen LogP contribution in [0.3, 0.4) is 0 Å². The number of methoxy groups -OCH3 is 1. The van der Waals surface area contributed by atoms with Crippen LogP contribution >= 0.6 is 22.3 Å². The second-order valence-corrected chi connectivity index (χ2v) is 17.7. The molecule has 1 saturated carbocycles. The molecular weight excluding hydrogens is 690 g/mol. The summed E-state index contributed by atoms with van der Waals surface area (Å²) >= 11 is 6.52. The average molecular weight is 744 g/mol. The lowest BCUT2D eigenvalue weighted by atomic mass is 9.63. The predicted octanol–water partition coefficient (Wildman–Crippen LogP) is 7.87. The molecule has 7 atom stereocenters. The number of aromatic nitrogens is 2. The number of halogens is 1. The van der Waals surface area contributed by atoms with Crippen molar-refractivity contribution in [3.05, 3.63) is 94.0 Å². The zero-order valence-electron chi connectivity index (χ0n) is 31.2. The van der Waals surface area contributed by atoms with Gasteiger partial charge in [-0.3, -0.25) is 9.69 Å². The van der Waals surface area contributed by atoms with E-state index < -0.39 is 16.3 Å². The van der Waals surface area contributed by atoms with Crippen LogP contribution in [0.15, 0.2) is 61.1 Å². The lowest BCUT2D eigenvalue weighted by Gasteiger charge is -2.51. The maximum absolute atomic E-state index is 13.7. The summed E-state index contributed by atoms with van der Waals surface area (Å²) in [6.45, 7) is 11.4. The van der Waals surface area contributed by atoms with Crippen molar-refractivity contribution in [2.24, 2.45) is 17.8 Å². The van der Waals surface area contributed by atoms with Gasteiger partial charge >= 0.3 is 0 Å². The molecule has 3 aliphatic heterocycles. The summed E-state index contributed by atoms with van der Waals surface area (Å²) in [5, 5.41) is 0.969. The van der Waals surface area contributed by atoms with Crippen molar-refractivity contribution >= 4 is 39.7 Å². The molecule has 7 unspecified atom stereocenters. The highest BCUT2D eigenvalue weighted by molar-refractivity contribution is 8.13. The number of nitrogens with one attached hydrogen (secondary N) is 1. The third-order valence-corrected chi connectivity index (χ3v) is 14.2. The number of carbonyl (C=O) groups excluding carboxylic acids is 1. The molecule has 3 aromatic rings. The van der Waals surface area contributed by atoms with E-state index in [0.29, 0.717) is 29.9 Å². The number of anilines is 1. The second kappa shape index (κ2) is 16.0. The quantitative estimate of drug-likeness (QED) is 0.204. The number of aryl methyl sites for hydroxylation is 1. The van der Waals surface area contributed by atoms with Crippen molar-refractivity contribution in [1.82, 2.24) is 19.6 Å². The highest BCUT2D eigenvalue weighted by atomic mass is 35.5. The Hall–Kier alpha value is -3.24. The number of carbonyl (C=O) groups is 1. The number of amides is 1. The second-order valence-electron chi connectivity index (χ2n) is 15.4. The minimum Gasteiger partial charge on any atom is -0.491 e. The van der Waals surface area contributed by atoms with Gasteiger partial charge in [-0.05, 0) is 96.9 Å². The fourth-order valence-electron chi connectivity index (χ4n) is 8.76. The molecule has 2 bridgehead atoms. The molecule has 7 rings (SSSR count). The average Bonchev–Trinajstić information content (AvgIpc) is 3.31. The smallest absolute Gasteiger partial charge is 0.260 e. The molecule has 52 heavy (non-hydrogen) atoms. The first kappa shape index (κ1) is 37.1. The Morgan fingerprint density at radius 1 is 1.17 bits per heavy atom.